The molecule has 0 bridgehead atoms. The molecule has 8 nitrogen and oxygen atoms in total. The first-order valence-corrected chi connectivity index (χ1v) is 9.20. The maximum atomic E-state index is 13.0. The molecule has 0 radical (unpaired) electrons. The van der Waals surface area contributed by atoms with E-state index in [4.69, 9.17) is 4.74 Å². The lowest BCUT2D eigenvalue weighted by Gasteiger charge is -2.27. The number of H-pyrrole nitrogens is 1. The number of rotatable bonds is 4. The predicted octanol–water partition coefficient (Wildman–Crippen LogP) is 2.19. The smallest absolute Gasteiger partial charge is 0.359 e. The van der Waals surface area contributed by atoms with Crippen LogP contribution < -0.4 is 0 Å². The number of carbonyl (C=O) groups is 2. The molecule has 4 rings (SSSR count). The Morgan fingerprint density at radius 1 is 1.25 bits per heavy atom. The van der Waals surface area contributed by atoms with Gasteiger partial charge in [0.05, 0.1) is 18.8 Å². The zero-order chi connectivity index (χ0) is 19.7. The molecule has 0 aliphatic carbocycles. The Hall–Kier alpha value is -3.42. The van der Waals surface area contributed by atoms with Crippen molar-refractivity contribution in [1.82, 2.24) is 24.9 Å². The molecule has 0 saturated heterocycles. The summed E-state index contributed by atoms with van der Waals surface area (Å²) in [5.41, 5.74) is 4.08. The van der Waals surface area contributed by atoms with Crippen molar-refractivity contribution in [3.05, 3.63) is 59.0 Å². The monoisotopic (exact) mass is 379 g/mol. The molecule has 8 heteroatoms. The summed E-state index contributed by atoms with van der Waals surface area (Å²) in [6.07, 6.45) is 0.629. The SMILES string of the molecule is CCOC(=O)c1nn(C)c2c1CN(C(=O)c1cc(-c3ccccc3)n[nH]1)CC2. The highest BCUT2D eigenvalue weighted by Crippen LogP contribution is 2.25. The van der Waals surface area contributed by atoms with E-state index in [9.17, 15) is 9.59 Å². The molecule has 2 aromatic heterocycles. The van der Waals surface area contributed by atoms with Crippen molar-refractivity contribution >= 4 is 11.9 Å². The van der Waals surface area contributed by atoms with Crippen molar-refractivity contribution in [3.8, 4) is 11.3 Å². The van der Waals surface area contributed by atoms with Crippen LogP contribution in [0.1, 0.15) is 39.2 Å². The van der Waals surface area contributed by atoms with Gasteiger partial charge in [0.2, 0.25) is 0 Å². The zero-order valence-electron chi connectivity index (χ0n) is 15.8. The van der Waals surface area contributed by atoms with Crippen molar-refractivity contribution in [3.63, 3.8) is 0 Å². The average molecular weight is 379 g/mol. The second-order valence-electron chi connectivity index (χ2n) is 6.63. The van der Waals surface area contributed by atoms with Crippen molar-refractivity contribution in [2.24, 2.45) is 7.05 Å². The van der Waals surface area contributed by atoms with E-state index in [1.54, 1.807) is 29.6 Å². The van der Waals surface area contributed by atoms with Crippen LogP contribution >= 0.6 is 0 Å². The van der Waals surface area contributed by atoms with E-state index in [0.717, 1.165) is 22.5 Å². The molecular weight excluding hydrogens is 358 g/mol. The number of hydrogen-bond donors (Lipinski definition) is 1. The minimum atomic E-state index is -0.457. The van der Waals surface area contributed by atoms with Crippen LogP contribution in [0, 0.1) is 0 Å². The fourth-order valence-corrected chi connectivity index (χ4v) is 3.49. The number of aromatic amines is 1. The molecule has 3 heterocycles. The summed E-state index contributed by atoms with van der Waals surface area (Å²) in [6.45, 7) is 2.90. The number of nitrogens with zero attached hydrogens (tertiary/aromatic N) is 4. The Morgan fingerprint density at radius 2 is 2.04 bits per heavy atom. The van der Waals surface area contributed by atoms with Gasteiger partial charge in [0.15, 0.2) is 5.69 Å². The summed E-state index contributed by atoms with van der Waals surface area (Å²) >= 11 is 0. The third kappa shape index (κ3) is 3.17. The number of aryl methyl sites for hydroxylation is 1. The normalized spacial score (nSPS) is 13.3. The number of benzene rings is 1. The molecule has 0 fully saturated rings. The molecule has 1 amide bonds. The van der Waals surface area contributed by atoms with Gasteiger partial charge in [0, 0.05) is 36.8 Å². The number of amides is 1. The molecule has 0 spiro atoms. The van der Waals surface area contributed by atoms with Crippen molar-refractivity contribution in [2.45, 2.75) is 19.9 Å². The molecule has 0 unspecified atom stereocenters. The lowest BCUT2D eigenvalue weighted by Crippen LogP contribution is -2.37. The van der Waals surface area contributed by atoms with E-state index in [2.05, 4.69) is 15.3 Å². The number of aromatic nitrogens is 4. The molecular formula is C20H21N5O3. The van der Waals surface area contributed by atoms with Crippen LogP contribution in [0.3, 0.4) is 0 Å². The number of nitrogens with one attached hydrogen (secondary N) is 1. The average Bonchev–Trinajstić information content (AvgIpc) is 3.33. The summed E-state index contributed by atoms with van der Waals surface area (Å²) < 4.78 is 6.81. The Morgan fingerprint density at radius 3 is 2.79 bits per heavy atom. The van der Waals surface area contributed by atoms with Crippen LogP contribution in [0.25, 0.3) is 11.3 Å². The maximum absolute atomic E-state index is 13.0. The molecule has 0 atom stereocenters. The number of fused-ring (bicyclic) bond motifs is 1. The number of ether oxygens (including phenoxy) is 1. The van der Waals surface area contributed by atoms with Gasteiger partial charge < -0.3 is 9.64 Å². The van der Waals surface area contributed by atoms with Gasteiger partial charge in [0.1, 0.15) is 5.69 Å². The molecule has 1 aromatic carbocycles. The topological polar surface area (TPSA) is 93.1 Å². The molecule has 0 saturated carbocycles. The van der Waals surface area contributed by atoms with Crippen LogP contribution in [-0.2, 0) is 24.8 Å². The Labute approximate surface area is 162 Å². The summed E-state index contributed by atoms with van der Waals surface area (Å²) in [5, 5.41) is 11.4. The van der Waals surface area contributed by atoms with Gasteiger partial charge in [-0.05, 0) is 13.0 Å². The first-order chi connectivity index (χ1) is 13.6. The predicted molar refractivity (Wildman–Crippen MR) is 102 cm³/mol. The lowest BCUT2D eigenvalue weighted by molar-refractivity contribution is 0.0513. The van der Waals surface area contributed by atoms with E-state index < -0.39 is 5.97 Å². The molecule has 28 heavy (non-hydrogen) atoms. The summed E-state index contributed by atoms with van der Waals surface area (Å²) in [7, 11) is 1.81. The standard InChI is InChI=1S/C20H21N5O3/c1-3-28-20(27)18-14-12-25(10-9-17(14)24(2)23-18)19(26)16-11-15(21-22-16)13-7-5-4-6-8-13/h4-8,11H,3,9-10,12H2,1-2H3,(H,21,22). The van der Waals surface area contributed by atoms with Gasteiger partial charge in [-0.1, -0.05) is 30.3 Å². The van der Waals surface area contributed by atoms with Gasteiger partial charge in [-0.25, -0.2) is 4.79 Å². The van der Waals surface area contributed by atoms with Gasteiger partial charge in [-0.15, -0.1) is 0 Å². The van der Waals surface area contributed by atoms with Crippen LogP contribution in [-0.4, -0.2) is 49.9 Å². The van der Waals surface area contributed by atoms with Gasteiger partial charge in [-0.3, -0.25) is 14.6 Å². The van der Waals surface area contributed by atoms with E-state index in [0.29, 0.717) is 25.2 Å². The highest BCUT2D eigenvalue weighted by atomic mass is 16.5. The van der Waals surface area contributed by atoms with Crippen molar-refractivity contribution < 1.29 is 14.3 Å². The molecule has 1 aliphatic heterocycles. The number of carbonyl (C=O) groups excluding carboxylic acids is 2. The third-order valence-corrected chi connectivity index (χ3v) is 4.88. The third-order valence-electron chi connectivity index (χ3n) is 4.88. The Bertz CT molecular complexity index is 1020. The van der Waals surface area contributed by atoms with Gasteiger partial charge in [-0.2, -0.15) is 10.2 Å². The Kier molecular flexibility index (Phi) is 4.68. The van der Waals surface area contributed by atoms with E-state index in [-0.39, 0.29) is 18.2 Å². The van der Waals surface area contributed by atoms with Crippen LogP contribution in [0.15, 0.2) is 36.4 Å². The lowest BCUT2D eigenvalue weighted by atomic mass is 10.0. The minimum absolute atomic E-state index is 0.154. The van der Waals surface area contributed by atoms with E-state index in [1.165, 1.54) is 0 Å². The quantitative estimate of drug-likeness (QED) is 0.702. The number of esters is 1. The van der Waals surface area contributed by atoms with Crippen LogP contribution in [0.5, 0.6) is 0 Å². The van der Waals surface area contributed by atoms with Crippen molar-refractivity contribution in [1.29, 1.82) is 0 Å². The van der Waals surface area contributed by atoms with Gasteiger partial charge >= 0.3 is 5.97 Å². The van der Waals surface area contributed by atoms with Gasteiger partial charge in [0.25, 0.3) is 5.91 Å². The van der Waals surface area contributed by atoms with Crippen LogP contribution in [0.2, 0.25) is 0 Å². The second-order valence-corrected chi connectivity index (χ2v) is 6.63. The summed E-state index contributed by atoms with van der Waals surface area (Å²) in [5.74, 6) is -0.611. The molecule has 3 aromatic rings. The Balaban J connectivity index is 1.57. The van der Waals surface area contributed by atoms with E-state index >= 15 is 0 Å². The molecule has 1 aliphatic rings. The van der Waals surface area contributed by atoms with E-state index in [1.807, 2.05) is 30.3 Å². The van der Waals surface area contributed by atoms with Crippen molar-refractivity contribution in [2.75, 3.05) is 13.2 Å². The first kappa shape index (κ1) is 18.0. The van der Waals surface area contributed by atoms with Crippen LogP contribution in [0.4, 0.5) is 0 Å². The maximum Gasteiger partial charge on any atom is 0.359 e. The summed E-state index contributed by atoms with van der Waals surface area (Å²) in [4.78, 5) is 26.9. The first-order valence-electron chi connectivity index (χ1n) is 9.20. The highest BCUT2D eigenvalue weighted by Gasteiger charge is 2.30. The number of hydrogen-bond acceptors (Lipinski definition) is 5. The molecule has 1 N–H and O–H groups in total. The molecule has 144 valence electrons. The summed E-state index contributed by atoms with van der Waals surface area (Å²) in [6, 6.07) is 11.4. The largest absolute Gasteiger partial charge is 0.461 e. The fourth-order valence-electron chi connectivity index (χ4n) is 3.49. The fraction of sp³-hybridized carbons (Fsp3) is 0.300. The highest BCUT2D eigenvalue weighted by molar-refractivity contribution is 5.94. The zero-order valence-corrected chi connectivity index (χ0v) is 15.8. The second kappa shape index (κ2) is 7.30. The minimum Gasteiger partial charge on any atom is -0.461 e.